The van der Waals surface area contributed by atoms with Crippen LogP contribution in [0.15, 0.2) is 17.2 Å². The van der Waals surface area contributed by atoms with Crippen LogP contribution in [0.2, 0.25) is 4.34 Å². The van der Waals surface area contributed by atoms with Crippen molar-refractivity contribution in [2.45, 2.75) is 18.6 Å². The number of rotatable bonds is 5. The summed E-state index contributed by atoms with van der Waals surface area (Å²) >= 11 is 6.91. The van der Waals surface area contributed by atoms with Crippen molar-refractivity contribution >= 4 is 22.9 Å². The van der Waals surface area contributed by atoms with E-state index in [4.69, 9.17) is 17.1 Å². The van der Waals surface area contributed by atoms with Crippen LogP contribution >= 0.6 is 22.9 Å². The lowest BCUT2D eigenvalue weighted by Crippen LogP contribution is -2.18. The molecular weight excluding hydrogens is 238 g/mol. The number of aliphatic hydroxyl groups excluding tert-OH is 2. The fourth-order valence-electron chi connectivity index (χ4n) is 1.07. The van der Waals surface area contributed by atoms with Gasteiger partial charge in [0, 0.05) is 16.3 Å². The SMILES string of the molecule is [N-]=[N+]=NCCC(O)C(O)c1ccc(Cl)s1. The van der Waals surface area contributed by atoms with Crippen LogP contribution in [0.4, 0.5) is 0 Å². The Morgan fingerprint density at radius 1 is 1.53 bits per heavy atom. The van der Waals surface area contributed by atoms with E-state index in [1.54, 1.807) is 12.1 Å². The summed E-state index contributed by atoms with van der Waals surface area (Å²) in [6.45, 7) is 0.161. The monoisotopic (exact) mass is 247 g/mol. The maximum Gasteiger partial charge on any atom is 0.114 e. The summed E-state index contributed by atoms with van der Waals surface area (Å²) in [4.78, 5) is 3.16. The van der Waals surface area contributed by atoms with Crippen LogP contribution in [0.1, 0.15) is 17.4 Å². The van der Waals surface area contributed by atoms with Gasteiger partial charge in [0.1, 0.15) is 6.10 Å². The van der Waals surface area contributed by atoms with Crippen molar-refractivity contribution in [2.24, 2.45) is 5.11 Å². The highest BCUT2D eigenvalue weighted by molar-refractivity contribution is 7.16. The Kier molecular flexibility index (Phi) is 4.87. The number of hydrogen-bond donors (Lipinski definition) is 2. The van der Waals surface area contributed by atoms with Gasteiger partial charge in [0.25, 0.3) is 0 Å². The standard InChI is InChI=1S/C8H10ClN3O2S/c9-7-2-1-6(15-7)8(14)5(13)3-4-11-12-10/h1-2,5,8,13-14H,3-4H2. The van der Waals surface area contributed by atoms with E-state index in [0.29, 0.717) is 9.21 Å². The van der Waals surface area contributed by atoms with E-state index in [0.717, 1.165) is 0 Å². The topological polar surface area (TPSA) is 89.2 Å². The van der Waals surface area contributed by atoms with Gasteiger partial charge in [-0.3, -0.25) is 0 Å². The highest BCUT2D eigenvalue weighted by atomic mass is 35.5. The lowest BCUT2D eigenvalue weighted by atomic mass is 10.1. The molecule has 15 heavy (non-hydrogen) atoms. The number of aliphatic hydroxyl groups is 2. The number of halogens is 1. The largest absolute Gasteiger partial charge is 0.390 e. The Balaban J connectivity index is 2.52. The van der Waals surface area contributed by atoms with Crippen molar-refractivity contribution in [2.75, 3.05) is 6.54 Å². The van der Waals surface area contributed by atoms with Crippen LogP contribution in [0, 0.1) is 0 Å². The lowest BCUT2D eigenvalue weighted by molar-refractivity contribution is 0.0172. The molecule has 0 aromatic carbocycles. The van der Waals surface area contributed by atoms with Crippen LogP contribution in [-0.4, -0.2) is 22.9 Å². The van der Waals surface area contributed by atoms with Crippen molar-refractivity contribution < 1.29 is 10.2 Å². The first kappa shape index (κ1) is 12.3. The zero-order valence-corrected chi connectivity index (χ0v) is 9.32. The van der Waals surface area contributed by atoms with Crippen molar-refractivity contribution in [1.29, 1.82) is 0 Å². The molecule has 0 fully saturated rings. The molecule has 2 atom stereocenters. The Hall–Kier alpha value is -0.780. The Morgan fingerprint density at radius 3 is 2.80 bits per heavy atom. The second kappa shape index (κ2) is 5.95. The molecule has 1 rings (SSSR count). The predicted octanol–water partition coefficient (Wildman–Crippen LogP) is 2.50. The minimum Gasteiger partial charge on any atom is -0.390 e. The van der Waals surface area contributed by atoms with E-state index in [9.17, 15) is 10.2 Å². The summed E-state index contributed by atoms with van der Waals surface area (Å²) in [7, 11) is 0. The fraction of sp³-hybridized carbons (Fsp3) is 0.500. The summed E-state index contributed by atoms with van der Waals surface area (Å²) in [5.41, 5.74) is 8.04. The van der Waals surface area contributed by atoms with Crippen molar-refractivity contribution in [3.63, 3.8) is 0 Å². The van der Waals surface area contributed by atoms with Crippen LogP contribution < -0.4 is 0 Å². The quantitative estimate of drug-likeness (QED) is 0.476. The third-order valence-corrected chi connectivity index (χ3v) is 3.14. The molecule has 0 spiro atoms. The van der Waals surface area contributed by atoms with Gasteiger partial charge in [-0.05, 0) is 24.1 Å². The van der Waals surface area contributed by atoms with Gasteiger partial charge in [-0.25, -0.2) is 0 Å². The molecule has 2 unspecified atom stereocenters. The fourth-order valence-corrected chi connectivity index (χ4v) is 2.17. The second-order valence-corrected chi connectivity index (χ2v) is 4.64. The summed E-state index contributed by atoms with van der Waals surface area (Å²) in [6.07, 6.45) is -1.69. The maximum absolute atomic E-state index is 9.67. The molecule has 0 bridgehead atoms. The van der Waals surface area contributed by atoms with Crippen molar-refractivity contribution in [1.82, 2.24) is 0 Å². The summed E-state index contributed by atoms with van der Waals surface area (Å²) in [5.74, 6) is 0. The molecule has 0 aliphatic heterocycles. The average molecular weight is 248 g/mol. The van der Waals surface area contributed by atoms with Crippen LogP contribution in [0.3, 0.4) is 0 Å². The first-order valence-electron chi connectivity index (χ1n) is 4.27. The Morgan fingerprint density at radius 2 is 2.27 bits per heavy atom. The molecule has 1 heterocycles. The third-order valence-electron chi connectivity index (χ3n) is 1.84. The van der Waals surface area contributed by atoms with Gasteiger partial charge in [-0.15, -0.1) is 11.3 Å². The van der Waals surface area contributed by atoms with Gasteiger partial charge >= 0.3 is 0 Å². The van der Waals surface area contributed by atoms with E-state index < -0.39 is 12.2 Å². The molecule has 1 aromatic heterocycles. The Bertz CT molecular complexity index is 365. The number of hydrogen-bond acceptors (Lipinski definition) is 4. The van der Waals surface area contributed by atoms with E-state index in [1.165, 1.54) is 11.3 Å². The van der Waals surface area contributed by atoms with Gasteiger partial charge in [0.15, 0.2) is 0 Å². The smallest absolute Gasteiger partial charge is 0.114 e. The molecule has 1 aromatic rings. The van der Waals surface area contributed by atoms with Gasteiger partial charge in [0.2, 0.25) is 0 Å². The van der Waals surface area contributed by atoms with Crippen LogP contribution in [0.25, 0.3) is 10.4 Å². The highest BCUT2D eigenvalue weighted by Crippen LogP contribution is 2.29. The minimum atomic E-state index is -0.976. The van der Waals surface area contributed by atoms with E-state index in [-0.39, 0.29) is 13.0 Å². The second-order valence-electron chi connectivity index (χ2n) is 2.90. The van der Waals surface area contributed by atoms with Crippen molar-refractivity contribution in [3.8, 4) is 0 Å². The third kappa shape index (κ3) is 3.70. The highest BCUT2D eigenvalue weighted by Gasteiger charge is 2.19. The minimum absolute atomic E-state index is 0.161. The maximum atomic E-state index is 9.67. The first-order valence-corrected chi connectivity index (χ1v) is 5.47. The molecule has 0 aliphatic rings. The van der Waals surface area contributed by atoms with Gasteiger partial charge in [0.05, 0.1) is 10.4 Å². The summed E-state index contributed by atoms with van der Waals surface area (Å²) in [6, 6.07) is 3.32. The molecule has 0 radical (unpaired) electrons. The van der Waals surface area contributed by atoms with Crippen molar-refractivity contribution in [3.05, 3.63) is 31.8 Å². The average Bonchev–Trinajstić information content (AvgIpc) is 2.64. The first-order chi connectivity index (χ1) is 7.15. The molecule has 5 nitrogen and oxygen atoms in total. The molecule has 2 N–H and O–H groups in total. The molecule has 7 heteroatoms. The zero-order valence-electron chi connectivity index (χ0n) is 7.75. The molecule has 0 aliphatic carbocycles. The summed E-state index contributed by atoms with van der Waals surface area (Å²) in [5, 5.41) is 22.5. The Labute approximate surface area is 95.6 Å². The zero-order chi connectivity index (χ0) is 11.3. The van der Waals surface area contributed by atoms with E-state index in [2.05, 4.69) is 10.0 Å². The van der Waals surface area contributed by atoms with Gasteiger partial charge in [-0.2, -0.15) is 0 Å². The number of nitrogens with zero attached hydrogens (tertiary/aromatic N) is 3. The van der Waals surface area contributed by atoms with Crippen LogP contribution in [0.5, 0.6) is 0 Å². The number of azide groups is 1. The molecule has 0 saturated carbocycles. The summed E-state index contributed by atoms with van der Waals surface area (Å²) < 4.78 is 0.561. The molecule has 0 amide bonds. The predicted molar refractivity (Wildman–Crippen MR) is 58.9 cm³/mol. The molecule has 0 saturated heterocycles. The molecular formula is C8H10ClN3O2S. The van der Waals surface area contributed by atoms with Crippen LogP contribution in [-0.2, 0) is 0 Å². The molecule has 82 valence electrons. The van der Waals surface area contributed by atoms with Gasteiger partial charge < -0.3 is 10.2 Å². The normalized spacial score (nSPS) is 14.3. The number of thiophene rings is 1. The van der Waals surface area contributed by atoms with E-state index >= 15 is 0 Å². The lowest BCUT2D eigenvalue weighted by Gasteiger charge is -2.14. The van der Waals surface area contributed by atoms with Gasteiger partial charge in [-0.1, -0.05) is 16.7 Å². The van der Waals surface area contributed by atoms with E-state index in [1.807, 2.05) is 0 Å².